The molecule has 1 aliphatic carbocycles. The van der Waals surface area contributed by atoms with Gasteiger partial charge in [-0.3, -0.25) is 9.89 Å². The van der Waals surface area contributed by atoms with Crippen LogP contribution in [0.1, 0.15) is 31.5 Å². The minimum absolute atomic E-state index is 0.00463. The van der Waals surface area contributed by atoms with E-state index in [2.05, 4.69) is 22.1 Å². The lowest BCUT2D eigenvalue weighted by Crippen LogP contribution is -2.17. The molecule has 0 amide bonds. The third-order valence-corrected chi connectivity index (χ3v) is 2.90. The first-order chi connectivity index (χ1) is 6.68. The summed E-state index contributed by atoms with van der Waals surface area (Å²) in [6.07, 6.45) is 3.05. The third kappa shape index (κ3) is 1.49. The fourth-order valence-corrected chi connectivity index (χ4v) is 2.26. The highest BCUT2D eigenvalue weighted by Crippen LogP contribution is 2.41. The number of rotatable bonds is 2. The summed E-state index contributed by atoms with van der Waals surface area (Å²) in [5.41, 5.74) is 0. The predicted octanol–water partition coefficient (Wildman–Crippen LogP) is 1.02. The maximum absolute atomic E-state index is 11.0. The molecule has 76 valence electrons. The summed E-state index contributed by atoms with van der Waals surface area (Å²) in [5.74, 6) is 0.131. The quantitative estimate of drug-likeness (QED) is 0.738. The van der Waals surface area contributed by atoms with E-state index in [1.807, 2.05) is 0 Å². The van der Waals surface area contributed by atoms with E-state index in [0.29, 0.717) is 11.7 Å². The first-order valence-electron chi connectivity index (χ1n) is 4.76. The Morgan fingerprint density at radius 1 is 1.64 bits per heavy atom. The molecule has 5 nitrogen and oxygen atoms in total. The Morgan fingerprint density at radius 2 is 2.43 bits per heavy atom. The smallest absolute Gasteiger partial charge is 0.307 e. The van der Waals surface area contributed by atoms with Gasteiger partial charge in [0.2, 0.25) is 0 Å². The zero-order chi connectivity index (χ0) is 10.1. The van der Waals surface area contributed by atoms with Crippen molar-refractivity contribution in [1.29, 1.82) is 0 Å². The number of nitrogens with one attached hydrogen (secondary N) is 1. The van der Waals surface area contributed by atoms with E-state index in [4.69, 9.17) is 5.11 Å². The van der Waals surface area contributed by atoms with Crippen molar-refractivity contribution in [3.63, 3.8) is 0 Å². The fraction of sp³-hybridized carbons (Fsp3) is 0.667. The van der Waals surface area contributed by atoms with E-state index in [0.717, 1.165) is 12.8 Å². The van der Waals surface area contributed by atoms with Gasteiger partial charge in [-0.15, -0.1) is 0 Å². The molecule has 0 aliphatic heterocycles. The molecule has 0 bridgehead atoms. The van der Waals surface area contributed by atoms with Crippen molar-refractivity contribution in [1.82, 2.24) is 15.2 Å². The SMILES string of the molecule is CC1CC(C(=O)O)C(c2ncn[nH]2)C1. The van der Waals surface area contributed by atoms with Gasteiger partial charge in [0.15, 0.2) is 0 Å². The summed E-state index contributed by atoms with van der Waals surface area (Å²) >= 11 is 0. The highest BCUT2D eigenvalue weighted by atomic mass is 16.4. The molecule has 3 atom stereocenters. The van der Waals surface area contributed by atoms with E-state index in [1.54, 1.807) is 0 Å². The van der Waals surface area contributed by atoms with Crippen LogP contribution >= 0.6 is 0 Å². The maximum Gasteiger partial charge on any atom is 0.307 e. The average molecular weight is 195 g/mol. The number of carboxylic acids is 1. The standard InChI is InChI=1S/C9H13N3O2/c1-5-2-6(7(3-5)9(13)14)8-10-4-11-12-8/h4-7H,2-3H2,1H3,(H,13,14)(H,10,11,12). The van der Waals surface area contributed by atoms with E-state index in [9.17, 15) is 4.79 Å². The van der Waals surface area contributed by atoms with Crippen LogP contribution in [0.15, 0.2) is 6.33 Å². The minimum Gasteiger partial charge on any atom is -0.481 e. The van der Waals surface area contributed by atoms with Crippen LogP contribution < -0.4 is 0 Å². The molecule has 1 aromatic rings. The number of carboxylic acid groups (broad SMARTS) is 1. The molecule has 1 aromatic heterocycles. The Bertz CT molecular complexity index is 323. The van der Waals surface area contributed by atoms with Gasteiger partial charge in [-0.1, -0.05) is 6.92 Å². The highest BCUT2D eigenvalue weighted by Gasteiger charge is 2.39. The van der Waals surface area contributed by atoms with Crippen molar-refractivity contribution in [2.45, 2.75) is 25.7 Å². The van der Waals surface area contributed by atoms with Crippen LogP contribution in [0.5, 0.6) is 0 Å². The van der Waals surface area contributed by atoms with Gasteiger partial charge >= 0.3 is 5.97 Å². The number of aromatic amines is 1. The topological polar surface area (TPSA) is 78.9 Å². The van der Waals surface area contributed by atoms with Crippen LogP contribution in [0.3, 0.4) is 0 Å². The molecule has 0 aromatic carbocycles. The molecule has 2 rings (SSSR count). The largest absolute Gasteiger partial charge is 0.481 e. The van der Waals surface area contributed by atoms with Gasteiger partial charge < -0.3 is 5.11 Å². The van der Waals surface area contributed by atoms with Crippen molar-refractivity contribution in [3.05, 3.63) is 12.2 Å². The van der Waals surface area contributed by atoms with E-state index < -0.39 is 5.97 Å². The Balaban J connectivity index is 2.21. The Hall–Kier alpha value is -1.39. The molecule has 1 aliphatic rings. The monoisotopic (exact) mass is 195 g/mol. The van der Waals surface area contributed by atoms with Crippen LogP contribution in [0, 0.1) is 11.8 Å². The van der Waals surface area contributed by atoms with Gasteiger partial charge in [-0.2, -0.15) is 5.10 Å². The number of carbonyl (C=O) groups is 1. The van der Waals surface area contributed by atoms with Gasteiger partial charge in [0.05, 0.1) is 5.92 Å². The van der Waals surface area contributed by atoms with Crippen LogP contribution in [-0.2, 0) is 4.79 Å². The molecule has 5 heteroatoms. The zero-order valence-corrected chi connectivity index (χ0v) is 7.97. The highest BCUT2D eigenvalue weighted by molar-refractivity contribution is 5.71. The van der Waals surface area contributed by atoms with E-state index in [-0.39, 0.29) is 11.8 Å². The van der Waals surface area contributed by atoms with E-state index >= 15 is 0 Å². The van der Waals surface area contributed by atoms with Gasteiger partial charge in [0.25, 0.3) is 0 Å². The number of aliphatic carboxylic acids is 1. The normalized spacial score (nSPS) is 31.9. The fourth-order valence-electron chi connectivity index (χ4n) is 2.26. The lowest BCUT2D eigenvalue weighted by molar-refractivity contribution is -0.142. The average Bonchev–Trinajstić information content (AvgIpc) is 2.70. The second kappa shape index (κ2) is 3.40. The van der Waals surface area contributed by atoms with Crippen molar-refractivity contribution >= 4 is 5.97 Å². The number of hydrogen-bond acceptors (Lipinski definition) is 3. The summed E-state index contributed by atoms with van der Waals surface area (Å²) in [5, 5.41) is 15.6. The van der Waals surface area contributed by atoms with Crippen LogP contribution in [-0.4, -0.2) is 26.3 Å². The van der Waals surface area contributed by atoms with Gasteiger partial charge in [0, 0.05) is 5.92 Å². The molecule has 1 fully saturated rings. The molecule has 1 saturated carbocycles. The van der Waals surface area contributed by atoms with Crippen molar-refractivity contribution < 1.29 is 9.90 Å². The lowest BCUT2D eigenvalue weighted by Gasteiger charge is -2.11. The first-order valence-corrected chi connectivity index (χ1v) is 4.76. The van der Waals surface area contributed by atoms with E-state index in [1.165, 1.54) is 6.33 Å². The number of aromatic nitrogens is 3. The van der Waals surface area contributed by atoms with Gasteiger partial charge in [-0.05, 0) is 18.8 Å². The molecule has 0 saturated heterocycles. The molecular weight excluding hydrogens is 182 g/mol. The molecule has 1 heterocycles. The van der Waals surface area contributed by atoms with Crippen molar-refractivity contribution in [3.8, 4) is 0 Å². The predicted molar refractivity (Wildman–Crippen MR) is 48.6 cm³/mol. The Morgan fingerprint density at radius 3 is 3.00 bits per heavy atom. The second-order valence-electron chi connectivity index (χ2n) is 4.00. The summed E-state index contributed by atoms with van der Waals surface area (Å²) < 4.78 is 0. The second-order valence-corrected chi connectivity index (χ2v) is 4.00. The van der Waals surface area contributed by atoms with Crippen LogP contribution in [0.4, 0.5) is 0 Å². The van der Waals surface area contributed by atoms with Gasteiger partial charge in [0.1, 0.15) is 12.2 Å². The van der Waals surface area contributed by atoms with Crippen LogP contribution in [0.25, 0.3) is 0 Å². The molecule has 0 spiro atoms. The summed E-state index contributed by atoms with van der Waals surface area (Å²) in [7, 11) is 0. The third-order valence-electron chi connectivity index (χ3n) is 2.90. The number of H-pyrrole nitrogens is 1. The maximum atomic E-state index is 11.0. The molecule has 14 heavy (non-hydrogen) atoms. The molecular formula is C9H13N3O2. The molecule has 2 N–H and O–H groups in total. The Kier molecular flexibility index (Phi) is 2.23. The number of hydrogen-bond donors (Lipinski definition) is 2. The lowest BCUT2D eigenvalue weighted by atomic mass is 9.96. The summed E-state index contributed by atoms with van der Waals surface area (Å²) in [6, 6.07) is 0. The molecule has 0 radical (unpaired) electrons. The van der Waals surface area contributed by atoms with Crippen LogP contribution in [0.2, 0.25) is 0 Å². The van der Waals surface area contributed by atoms with Crippen molar-refractivity contribution in [2.24, 2.45) is 11.8 Å². The van der Waals surface area contributed by atoms with Gasteiger partial charge in [-0.25, -0.2) is 4.98 Å². The number of nitrogens with zero attached hydrogens (tertiary/aromatic N) is 2. The zero-order valence-electron chi connectivity index (χ0n) is 7.97. The van der Waals surface area contributed by atoms with Crippen molar-refractivity contribution in [2.75, 3.05) is 0 Å². The molecule has 3 unspecified atom stereocenters. The summed E-state index contributed by atoms with van der Waals surface area (Å²) in [6.45, 7) is 2.08. The Labute approximate surface area is 81.6 Å². The minimum atomic E-state index is -0.726. The summed E-state index contributed by atoms with van der Waals surface area (Å²) in [4.78, 5) is 15.0. The first kappa shape index (κ1) is 9.18.